The number of carbonyl (C=O) groups excluding carboxylic acids is 1. The molecule has 12 heteroatoms. The Hall–Kier alpha value is -2.88. The molecule has 2 aromatic carbocycles. The number of carbonyl (C=O) groups is 1. The fraction of sp³-hybridized carbons (Fsp3) is 0.500. The van der Waals surface area contributed by atoms with Gasteiger partial charge in [0.1, 0.15) is 11.8 Å². The van der Waals surface area contributed by atoms with Crippen LogP contribution in [-0.2, 0) is 18.6 Å². The van der Waals surface area contributed by atoms with E-state index in [1.54, 1.807) is 39.1 Å². The first kappa shape index (κ1) is 35.6. The second kappa shape index (κ2) is 17.0. The molecule has 3 rings (SSSR count). The maximum atomic E-state index is 13.8. The highest BCUT2D eigenvalue weighted by Crippen LogP contribution is 2.45. The second-order valence-corrected chi connectivity index (χ2v) is 13.4. The Morgan fingerprint density at radius 3 is 2.43 bits per heavy atom. The number of nitrogens with zero attached hydrogens (tertiary/aromatic N) is 3. The van der Waals surface area contributed by atoms with Gasteiger partial charge in [-0.3, -0.25) is 14.3 Å². The van der Waals surface area contributed by atoms with Crippen LogP contribution < -0.4 is 19.8 Å². The summed E-state index contributed by atoms with van der Waals surface area (Å²) in [4.78, 5) is 21.1. The fourth-order valence-corrected chi connectivity index (χ4v) is 6.23. The first-order valence-corrected chi connectivity index (χ1v) is 17.0. The lowest BCUT2D eigenvalue weighted by Crippen LogP contribution is -2.37. The van der Waals surface area contributed by atoms with Crippen LogP contribution in [0.1, 0.15) is 47.5 Å². The lowest BCUT2D eigenvalue weighted by atomic mass is 10.1. The van der Waals surface area contributed by atoms with Crippen LogP contribution in [-0.4, -0.2) is 74.4 Å². The summed E-state index contributed by atoms with van der Waals surface area (Å²) in [5.74, 6) is -0.161. The first-order chi connectivity index (χ1) is 20.9. The minimum atomic E-state index is -3.92. The van der Waals surface area contributed by atoms with Crippen molar-refractivity contribution < 1.29 is 23.1 Å². The average Bonchev–Trinajstić information content (AvgIpc) is 2.96. The summed E-state index contributed by atoms with van der Waals surface area (Å²) in [5.41, 5.74) is 2.86. The summed E-state index contributed by atoms with van der Waals surface area (Å²) >= 11 is 6.13. The lowest BCUT2D eigenvalue weighted by Gasteiger charge is -2.26. The molecular formula is C32H47ClN5O5P. The highest BCUT2D eigenvalue weighted by atomic mass is 35.5. The SMILES string of the molecule is CCN(CCC[C@@H](C)Nc1ccnc2cc(Cl)ccc12)CCO[P@@](=O)(N[C@@H](C)C(=O)OC(C)C)Oc1ccc(N(C)C)cc1. The molecule has 0 fully saturated rings. The predicted molar refractivity (Wildman–Crippen MR) is 180 cm³/mol. The molecule has 242 valence electrons. The van der Waals surface area contributed by atoms with Gasteiger partial charge in [0.05, 0.1) is 18.2 Å². The third-order valence-corrected chi connectivity index (χ3v) is 8.88. The summed E-state index contributed by atoms with van der Waals surface area (Å²) < 4.78 is 30.8. The first-order valence-electron chi connectivity index (χ1n) is 15.1. The molecule has 3 aromatic rings. The topological polar surface area (TPSA) is 105 Å². The molecule has 44 heavy (non-hydrogen) atoms. The maximum absolute atomic E-state index is 13.8. The van der Waals surface area contributed by atoms with Crippen molar-refractivity contribution in [2.45, 2.75) is 65.6 Å². The average molecular weight is 648 g/mol. The van der Waals surface area contributed by atoms with Crippen LogP contribution in [0.2, 0.25) is 5.02 Å². The van der Waals surface area contributed by atoms with Gasteiger partial charge in [-0.2, -0.15) is 5.09 Å². The molecule has 0 amide bonds. The van der Waals surface area contributed by atoms with Gasteiger partial charge in [-0.15, -0.1) is 0 Å². The molecule has 0 aliphatic carbocycles. The molecule has 10 nitrogen and oxygen atoms in total. The summed E-state index contributed by atoms with van der Waals surface area (Å²) in [6, 6.07) is 14.2. The molecule has 0 saturated heterocycles. The Bertz CT molecular complexity index is 1390. The molecule has 0 radical (unpaired) electrons. The Balaban J connectivity index is 1.55. The summed E-state index contributed by atoms with van der Waals surface area (Å²) in [5, 5.41) is 8.07. The van der Waals surface area contributed by atoms with Crippen LogP contribution in [0, 0.1) is 0 Å². The standard InChI is InChI=1S/C32H47ClN5O5P/c1-8-38(19-9-10-24(4)35-30-17-18-34-31-22-26(33)11-16-29(30)31)20-21-41-44(40,36-25(5)32(39)42-23(2)3)43-28-14-12-27(13-15-28)37(6)7/h11-18,22-25H,8-10,19-21H2,1-7H3,(H,34,35)(H,36,40)/t24-,25+,44+/m1/s1. The van der Waals surface area contributed by atoms with Gasteiger partial charge in [-0.05, 0) is 102 Å². The number of esters is 1. The Morgan fingerprint density at radius 2 is 1.77 bits per heavy atom. The number of benzene rings is 2. The minimum absolute atomic E-state index is 0.152. The van der Waals surface area contributed by atoms with Crippen molar-refractivity contribution in [3.05, 3.63) is 59.8 Å². The van der Waals surface area contributed by atoms with Crippen LogP contribution in [0.25, 0.3) is 10.9 Å². The third-order valence-electron chi connectivity index (χ3n) is 6.97. The van der Waals surface area contributed by atoms with Crippen LogP contribution in [0.15, 0.2) is 54.7 Å². The van der Waals surface area contributed by atoms with E-state index in [2.05, 4.69) is 34.1 Å². The highest BCUT2D eigenvalue weighted by molar-refractivity contribution is 7.52. The third kappa shape index (κ3) is 11.2. The molecule has 0 spiro atoms. The van der Waals surface area contributed by atoms with Crippen molar-refractivity contribution in [3.8, 4) is 5.75 Å². The van der Waals surface area contributed by atoms with Gasteiger partial charge in [-0.25, -0.2) is 4.57 Å². The van der Waals surface area contributed by atoms with Gasteiger partial charge < -0.3 is 24.4 Å². The number of ether oxygens (including phenoxy) is 1. The summed E-state index contributed by atoms with van der Waals surface area (Å²) in [6.07, 6.45) is 3.40. The molecule has 0 bridgehead atoms. The summed E-state index contributed by atoms with van der Waals surface area (Å²) in [6.45, 7) is 11.7. The van der Waals surface area contributed by atoms with Crippen molar-refractivity contribution in [1.82, 2.24) is 15.0 Å². The number of halogens is 1. The zero-order valence-corrected chi connectivity index (χ0v) is 28.5. The number of pyridine rings is 1. The zero-order chi connectivity index (χ0) is 32.3. The van der Waals surface area contributed by atoms with E-state index >= 15 is 0 Å². The maximum Gasteiger partial charge on any atom is 0.459 e. The Kier molecular flexibility index (Phi) is 13.7. The van der Waals surface area contributed by atoms with Gasteiger partial charge >= 0.3 is 13.7 Å². The van der Waals surface area contributed by atoms with Crippen molar-refractivity contribution in [3.63, 3.8) is 0 Å². The van der Waals surface area contributed by atoms with Gasteiger partial charge in [0.15, 0.2) is 0 Å². The Morgan fingerprint density at radius 1 is 1.05 bits per heavy atom. The second-order valence-electron chi connectivity index (χ2n) is 11.3. The monoisotopic (exact) mass is 647 g/mol. The summed E-state index contributed by atoms with van der Waals surface area (Å²) in [7, 11) is -0.0505. The van der Waals surface area contributed by atoms with E-state index in [0.717, 1.165) is 48.2 Å². The number of nitrogens with one attached hydrogen (secondary N) is 2. The number of hydrogen-bond donors (Lipinski definition) is 2. The van der Waals surface area contributed by atoms with Crippen molar-refractivity contribution in [2.75, 3.05) is 50.6 Å². The molecule has 1 aromatic heterocycles. The van der Waals surface area contributed by atoms with E-state index in [1.807, 2.05) is 55.4 Å². The normalized spacial score (nSPS) is 14.3. The number of hydrogen-bond acceptors (Lipinski definition) is 9. The van der Waals surface area contributed by atoms with E-state index in [4.69, 9.17) is 25.4 Å². The van der Waals surface area contributed by atoms with Gasteiger partial charge in [-0.1, -0.05) is 18.5 Å². The number of fused-ring (bicyclic) bond motifs is 1. The fourth-order valence-electron chi connectivity index (χ4n) is 4.58. The number of likely N-dealkylation sites (N-methyl/N-ethyl adjacent to an activating group) is 1. The smallest absolute Gasteiger partial charge is 0.459 e. The molecule has 2 N–H and O–H groups in total. The molecule has 1 heterocycles. The molecular weight excluding hydrogens is 601 g/mol. The van der Waals surface area contributed by atoms with Crippen LogP contribution in [0.5, 0.6) is 5.75 Å². The van der Waals surface area contributed by atoms with Gasteiger partial charge in [0, 0.05) is 54.7 Å². The quantitative estimate of drug-likeness (QED) is 0.111. The van der Waals surface area contributed by atoms with Crippen LogP contribution >= 0.6 is 19.3 Å². The molecule has 3 atom stereocenters. The van der Waals surface area contributed by atoms with E-state index < -0.39 is 19.8 Å². The van der Waals surface area contributed by atoms with E-state index in [-0.39, 0.29) is 18.8 Å². The van der Waals surface area contributed by atoms with Crippen molar-refractivity contribution in [2.24, 2.45) is 0 Å². The van der Waals surface area contributed by atoms with Gasteiger partial charge in [0.2, 0.25) is 0 Å². The minimum Gasteiger partial charge on any atom is -0.462 e. The van der Waals surface area contributed by atoms with Gasteiger partial charge in [0.25, 0.3) is 0 Å². The van der Waals surface area contributed by atoms with Crippen molar-refractivity contribution >= 4 is 47.6 Å². The Labute approximate surface area is 267 Å². The zero-order valence-electron chi connectivity index (χ0n) is 26.9. The largest absolute Gasteiger partial charge is 0.462 e. The highest BCUT2D eigenvalue weighted by Gasteiger charge is 2.32. The van der Waals surface area contributed by atoms with E-state index in [0.29, 0.717) is 17.3 Å². The molecule has 0 aliphatic rings. The van der Waals surface area contributed by atoms with E-state index in [9.17, 15) is 9.36 Å². The van der Waals surface area contributed by atoms with Crippen LogP contribution in [0.4, 0.5) is 11.4 Å². The van der Waals surface area contributed by atoms with Crippen molar-refractivity contribution in [1.29, 1.82) is 0 Å². The lowest BCUT2D eigenvalue weighted by molar-refractivity contribution is -0.149. The molecule has 0 aliphatic heterocycles. The molecule has 0 unspecified atom stereocenters. The van der Waals surface area contributed by atoms with E-state index in [1.165, 1.54) is 0 Å². The number of aromatic nitrogens is 1. The molecule has 0 saturated carbocycles. The number of anilines is 2. The predicted octanol–water partition coefficient (Wildman–Crippen LogP) is 6.99. The number of rotatable bonds is 18. The van der Waals surface area contributed by atoms with Crippen LogP contribution in [0.3, 0.4) is 0 Å².